The molecule has 0 aliphatic rings. The Morgan fingerprint density at radius 1 is 1.69 bits per heavy atom. The fourth-order valence-electron chi connectivity index (χ4n) is 0.840. The van der Waals surface area contributed by atoms with Gasteiger partial charge in [0.1, 0.15) is 7.85 Å². The van der Waals surface area contributed by atoms with Gasteiger partial charge in [0.2, 0.25) is 0 Å². The van der Waals surface area contributed by atoms with E-state index in [0.717, 1.165) is 5.56 Å². The van der Waals surface area contributed by atoms with Gasteiger partial charge in [-0.25, -0.2) is 5.06 Å². The molecular weight excluding hydrogens is 185 g/mol. The number of nitrogens with zero attached hydrogens (tertiary/aromatic N) is 1. The van der Waals surface area contributed by atoms with Crippen LogP contribution < -0.4 is 4.78 Å². The Morgan fingerprint density at radius 2 is 2.31 bits per heavy atom. The standard InChI is InChI=1S/C8H10BNO2S/c1-5-4-6(13-7(5)9)8(11)10(2)12-3/h4H,1-3H3. The fourth-order valence-corrected chi connectivity index (χ4v) is 1.75. The van der Waals surface area contributed by atoms with Crippen molar-refractivity contribution in [2.45, 2.75) is 6.92 Å². The Hall–Kier alpha value is -0.805. The van der Waals surface area contributed by atoms with Crippen LogP contribution in [0.1, 0.15) is 15.2 Å². The van der Waals surface area contributed by atoms with Gasteiger partial charge >= 0.3 is 0 Å². The van der Waals surface area contributed by atoms with Crippen molar-refractivity contribution in [3.8, 4) is 0 Å². The molecule has 68 valence electrons. The molecule has 0 saturated heterocycles. The number of hydroxylamine groups is 2. The maximum atomic E-state index is 11.5. The highest BCUT2D eigenvalue weighted by molar-refractivity contribution is 7.21. The molecule has 0 fully saturated rings. The highest BCUT2D eigenvalue weighted by atomic mass is 32.1. The highest BCUT2D eigenvalue weighted by Crippen LogP contribution is 2.12. The van der Waals surface area contributed by atoms with Gasteiger partial charge in [0.25, 0.3) is 5.91 Å². The van der Waals surface area contributed by atoms with E-state index in [1.165, 1.54) is 23.5 Å². The summed E-state index contributed by atoms with van der Waals surface area (Å²) in [5.41, 5.74) is 0.929. The summed E-state index contributed by atoms with van der Waals surface area (Å²) < 4.78 is 0.674. The largest absolute Gasteiger partial charge is 0.287 e. The molecular formula is C8H10BNO2S. The van der Waals surface area contributed by atoms with Crippen molar-refractivity contribution in [3.05, 3.63) is 16.5 Å². The normalized spacial score (nSPS) is 10.1. The summed E-state index contributed by atoms with van der Waals surface area (Å²) >= 11 is 1.27. The van der Waals surface area contributed by atoms with E-state index < -0.39 is 0 Å². The van der Waals surface area contributed by atoms with E-state index in [2.05, 4.69) is 0 Å². The zero-order chi connectivity index (χ0) is 10.0. The summed E-state index contributed by atoms with van der Waals surface area (Å²) in [6.45, 7) is 1.87. The molecule has 0 bridgehead atoms. The fraction of sp³-hybridized carbons (Fsp3) is 0.375. The first kappa shape index (κ1) is 10.3. The molecule has 1 amide bonds. The van der Waals surface area contributed by atoms with Crippen molar-refractivity contribution >= 4 is 29.9 Å². The summed E-state index contributed by atoms with van der Waals surface area (Å²) in [6, 6.07) is 1.76. The zero-order valence-corrected chi connectivity index (χ0v) is 8.64. The summed E-state index contributed by atoms with van der Waals surface area (Å²) in [4.78, 5) is 16.9. The van der Waals surface area contributed by atoms with Crippen LogP contribution in [0.4, 0.5) is 0 Å². The summed E-state index contributed by atoms with van der Waals surface area (Å²) in [7, 11) is 8.64. The molecule has 0 aliphatic carbocycles. The summed E-state index contributed by atoms with van der Waals surface area (Å²) in [5.74, 6) is -0.174. The molecule has 2 radical (unpaired) electrons. The second-order valence-corrected chi connectivity index (χ2v) is 3.73. The third kappa shape index (κ3) is 2.11. The van der Waals surface area contributed by atoms with Crippen molar-refractivity contribution < 1.29 is 9.63 Å². The van der Waals surface area contributed by atoms with Crippen LogP contribution in [0.5, 0.6) is 0 Å². The highest BCUT2D eigenvalue weighted by Gasteiger charge is 2.14. The Morgan fingerprint density at radius 3 is 2.69 bits per heavy atom. The molecule has 0 unspecified atom stereocenters. The molecule has 1 aromatic rings. The van der Waals surface area contributed by atoms with E-state index in [4.69, 9.17) is 12.7 Å². The van der Waals surface area contributed by atoms with Gasteiger partial charge in [-0.3, -0.25) is 9.63 Å². The Balaban J connectivity index is 2.89. The van der Waals surface area contributed by atoms with Crippen LogP contribution in [0.3, 0.4) is 0 Å². The number of carbonyl (C=O) groups is 1. The first-order valence-corrected chi connectivity index (χ1v) is 4.56. The Labute approximate surface area is 82.7 Å². The lowest BCUT2D eigenvalue weighted by Crippen LogP contribution is -2.24. The molecule has 0 atom stereocenters. The van der Waals surface area contributed by atoms with Gasteiger partial charge in [-0.05, 0) is 23.3 Å². The number of aryl methyl sites for hydroxylation is 1. The molecule has 5 heteroatoms. The van der Waals surface area contributed by atoms with Gasteiger partial charge < -0.3 is 0 Å². The average molecular weight is 195 g/mol. The lowest BCUT2D eigenvalue weighted by atomic mass is 10.0. The van der Waals surface area contributed by atoms with Crippen molar-refractivity contribution in [2.24, 2.45) is 0 Å². The number of amides is 1. The van der Waals surface area contributed by atoms with Crippen LogP contribution >= 0.6 is 11.3 Å². The van der Waals surface area contributed by atoms with Crippen molar-refractivity contribution in [2.75, 3.05) is 14.2 Å². The monoisotopic (exact) mass is 195 g/mol. The van der Waals surface area contributed by atoms with E-state index in [0.29, 0.717) is 9.65 Å². The SMILES string of the molecule is [B]c1sc(C(=O)N(C)OC)cc1C. The molecule has 0 N–H and O–H groups in total. The number of rotatable bonds is 2. The van der Waals surface area contributed by atoms with E-state index in [9.17, 15) is 4.79 Å². The maximum absolute atomic E-state index is 11.5. The smallest absolute Gasteiger partial charge is 0.274 e. The van der Waals surface area contributed by atoms with E-state index in [1.807, 2.05) is 6.92 Å². The number of hydrogen-bond donors (Lipinski definition) is 0. The van der Waals surface area contributed by atoms with Gasteiger partial charge in [-0.2, -0.15) is 0 Å². The Bertz CT molecular complexity index is 304. The minimum Gasteiger partial charge on any atom is -0.274 e. The Kier molecular flexibility index (Phi) is 3.11. The lowest BCUT2D eigenvalue weighted by molar-refractivity contribution is -0.0753. The van der Waals surface area contributed by atoms with E-state index in [-0.39, 0.29) is 5.91 Å². The minimum absolute atomic E-state index is 0.174. The summed E-state index contributed by atoms with van der Waals surface area (Å²) in [6.07, 6.45) is 0. The molecule has 1 rings (SSSR count). The molecule has 0 saturated carbocycles. The van der Waals surface area contributed by atoms with Gasteiger partial charge in [-0.1, -0.05) is 0 Å². The third-order valence-electron chi connectivity index (χ3n) is 1.73. The minimum atomic E-state index is -0.174. The number of thiophene rings is 1. The third-order valence-corrected chi connectivity index (χ3v) is 2.78. The molecule has 0 aliphatic heterocycles. The number of hydrogen-bond acceptors (Lipinski definition) is 3. The first-order valence-electron chi connectivity index (χ1n) is 3.74. The van der Waals surface area contributed by atoms with Crippen LogP contribution in [0.25, 0.3) is 0 Å². The quantitative estimate of drug-likeness (QED) is 0.507. The molecule has 1 aromatic heterocycles. The van der Waals surface area contributed by atoms with Crippen LogP contribution in [-0.2, 0) is 4.84 Å². The van der Waals surface area contributed by atoms with E-state index in [1.54, 1.807) is 13.1 Å². The topological polar surface area (TPSA) is 29.5 Å². The average Bonchev–Trinajstić information content (AvgIpc) is 2.44. The number of carbonyl (C=O) groups excluding carboxylic acids is 1. The molecule has 0 spiro atoms. The van der Waals surface area contributed by atoms with Crippen molar-refractivity contribution in [1.29, 1.82) is 0 Å². The van der Waals surface area contributed by atoms with E-state index >= 15 is 0 Å². The predicted molar refractivity (Wildman–Crippen MR) is 53.5 cm³/mol. The second-order valence-electron chi connectivity index (χ2n) is 2.64. The van der Waals surface area contributed by atoms with Crippen molar-refractivity contribution in [3.63, 3.8) is 0 Å². The molecule has 0 aromatic carbocycles. The van der Waals surface area contributed by atoms with Crippen LogP contribution in [0.2, 0.25) is 0 Å². The van der Waals surface area contributed by atoms with Crippen LogP contribution in [0, 0.1) is 6.92 Å². The van der Waals surface area contributed by atoms with Gasteiger partial charge in [0.05, 0.1) is 12.0 Å². The first-order chi connectivity index (χ1) is 6.06. The molecule has 1 heterocycles. The second kappa shape index (κ2) is 3.94. The lowest BCUT2D eigenvalue weighted by Gasteiger charge is -2.11. The van der Waals surface area contributed by atoms with Gasteiger partial charge in [-0.15, -0.1) is 11.3 Å². The maximum Gasteiger partial charge on any atom is 0.287 e. The van der Waals surface area contributed by atoms with Crippen molar-refractivity contribution in [1.82, 2.24) is 5.06 Å². The summed E-state index contributed by atoms with van der Waals surface area (Å²) in [5, 5.41) is 1.17. The zero-order valence-electron chi connectivity index (χ0n) is 7.83. The van der Waals surface area contributed by atoms with Gasteiger partial charge in [0, 0.05) is 7.05 Å². The molecule has 3 nitrogen and oxygen atoms in total. The molecule has 13 heavy (non-hydrogen) atoms. The predicted octanol–water partition coefficient (Wildman–Crippen LogP) is 0.484. The van der Waals surface area contributed by atoms with Crippen LogP contribution in [0.15, 0.2) is 6.07 Å². The van der Waals surface area contributed by atoms with Gasteiger partial charge in [0.15, 0.2) is 0 Å². The van der Waals surface area contributed by atoms with Crippen LogP contribution in [-0.4, -0.2) is 33.0 Å².